The van der Waals surface area contributed by atoms with Crippen molar-refractivity contribution in [3.8, 4) is 5.75 Å². The van der Waals surface area contributed by atoms with Crippen LogP contribution in [0.3, 0.4) is 0 Å². The van der Waals surface area contributed by atoms with Crippen LogP contribution >= 0.6 is 22.9 Å². The summed E-state index contributed by atoms with van der Waals surface area (Å²) >= 11 is 7.51. The predicted molar refractivity (Wildman–Crippen MR) is 90.6 cm³/mol. The van der Waals surface area contributed by atoms with Gasteiger partial charge in [-0.1, -0.05) is 17.7 Å². The molecule has 5 nitrogen and oxygen atoms in total. The number of rotatable bonds is 4. The minimum atomic E-state index is -0.370. The molecule has 0 unspecified atom stereocenters. The van der Waals surface area contributed by atoms with Crippen molar-refractivity contribution in [3.63, 3.8) is 0 Å². The number of methoxy groups -OCH3 is 1. The topological polar surface area (TPSA) is 58.6 Å². The van der Waals surface area contributed by atoms with Crippen LogP contribution in [-0.4, -0.2) is 30.9 Å². The van der Waals surface area contributed by atoms with Gasteiger partial charge in [-0.15, -0.1) is 11.3 Å². The van der Waals surface area contributed by atoms with Gasteiger partial charge in [0.05, 0.1) is 17.7 Å². The first kappa shape index (κ1) is 15.6. The van der Waals surface area contributed by atoms with Crippen molar-refractivity contribution in [1.82, 2.24) is 4.90 Å². The van der Waals surface area contributed by atoms with Crippen molar-refractivity contribution in [2.24, 2.45) is 0 Å². The molecular weight excluding hydrogens is 336 g/mol. The van der Waals surface area contributed by atoms with Gasteiger partial charge in [0, 0.05) is 17.6 Å². The molecule has 2 aromatic rings. The van der Waals surface area contributed by atoms with Crippen LogP contribution in [0.2, 0.25) is 5.02 Å². The highest BCUT2D eigenvalue weighted by Crippen LogP contribution is 2.33. The first-order valence-corrected chi connectivity index (χ1v) is 7.99. The van der Waals surface area contributed by atoms with Gasteiger partial charge in [0.25, 0.3) is 11.8 Å². The number of amides is 2. The van der Waals surface area contributed by atoms with Crippen LogP contribution in [0, 0.1) is 0 Å². The summed E-state index contributed by atoms with van der Waals surface area (Å²) in [7, 11) is 2.99. The van der Waals surface area contributed by atoms with Crippen molar-refractivity contribution in [3.05, 3.63) is 51.3 Å². The van der Waals surface area contributed by atoms with Gasteiger partial charge in [-0.3, -0.25) is 14.5 Å². The molecule has 3 rings (SSSR count). The number of thiophene rings is 1. The average molecular weight is 349 g/mol. The summed E-state index contributed by atoms with van der Waals surface area (Å²) in [6, 6.07) is 8.73. The highest BCUT2D eigenvalue weighted by molar-refractivity contribution is 7.11. The Morgan fingerprint density at radius 1 is 1.22 bits per heavy atom. The zero-order valence-corrected chi connectivity index (χ0v) is 14.0. The fourth-order valence-corrected chi connectivity index (χ4v) is 3.32. The van der Waals surface area contributed by atoms with Crippen molar-refractivity contribution < 1.29 is 14.3 Å². The lowest BCUT2D eigenvalue weighted by Crippen LogP contribution is -2.27. The number of carbonyl (C=O) groups is 2. The van der Waals surface area contributed by atoms with Gasteiger partial charge in [0.15, 0.2) is 0 Å². The van der Waals surface area contributed by atoms with Crippen LogP contribution < -0.4 is 10.1 Å². The summed E-state index contributed by atoms with van der Waals surface area (Å²) in [6.07, 6.45) is 0. The Bertz CT molecular complexity index is 815. The number of hydrogen-bond acceptors (Lipinski definition) is 5. The number of anilines is 1. The first-order valence-electron chi connectivity index (χ1n) is 6.74. The lowest BCUT2D eigenvalue weighted by Gasteiger charge is -2.10. The molecule has 0 saturated heterocycles. The van der Waals surface area contributed by atoms with Crippen molar-refractivity contribution in [1.29, 1.82) is 0 Å². The highest BCUT2D eigenvalue weighted by Gasteiger charge is 2.37. The summed E-state index contributed by atoms with van der Waals surface area (Å²) in [4.78, 5) is 26.6. The number of ether oxygens (including phenoxy) is 1. The molecule has 118 valence electrons. The van der Waals surface area contributed by atoms with E-state index in [1.54, 1.807) is 18.2 Å². The van der Waals surface area contributed by atoms with E-state index < -0.39 is 0 Å². The molecule has 1 aliphatic heterocycles. The molecule has 1 aromatic carbocycles. The number of nitrogens with zero attached hydrogens (tertiary/aromatic N) is 1. The second-order valence-electron chi connectivity index (χ2n) is 4.87. The van der Waals surface area contributed by atoms with E-state index in [9.17, 15) is 9.59 Å². The molecule has 0 fully saturated rings. The van der Waals surface area contributed by atoms with E-state index in [1.165, 1.54) is 25.5 Å². The molecular formula is C16H13ClN2O3S. The molecule has 23 heavy (non-hydrogen) atoms. The number of likely N-dealkylation sites (N-methyl/N-ethyl adjacent to an activating group) is 1. The van der Waals surface area contributed by atoms with Gasteiger partial charge in [0.2, 0.25) is 0 Å². The fraction of sp³-hybridized carbons (Fsp3) is 0.125. The molecule has 7 heteroatoms. The van der Waals surface area contributed by atoms with E-state index in [2.05, 4.69) is 5.32 Å². The van der Waals surface area contributed by atoms with E-state index >= 15 is 0 Å². The van der Waals surface area contributed by atoms with Crippen molar-refractivity contribution in [2.45, 2.75) is 0 Å². The van der Waals surface area contributed by atoms with Gasteiger partial charge in [-0.2, -0.15) is 0 Å². The molecule has 0 bridgehead atoms. The molecule has 1 aromatic heterocycles. The summed E-state index contributed by atoms with van der Waals surface area (Å²) in [5.41, 5.74) is 1.23. The molecule has 2 amide bonds. The number of benzene rings is 1. The maximum absolute atomic E-state index is 12.4. The van der Waals surface area contributed by atoms with Crippen LogP contribution in [0.4, 0.5) is 5.69 Å². The van der Waals surface area contributed by atoms with Gasteiger partial charge >= 0.3 is 0 Å². The monoisotopic (exact) mass is 348 g/mol. The Hall–Kier alpha value is -2.31. The Kier molecular flexibility index (Phi) is 4.11. The smallest absolute Gasteiger partial charge is 0.277 e. The Morgan fingerprint density at radius 2 is 2.00 bits per heavy atom. The summed E-state index contributed by atoms with van der Waals surface area (Å²) < 4.78 is 5.11. The predicted octanol–water partition coefficient (Wildman–Crippen LogP) is 3.23. The summed E-state index contributed by atoms with van der Waals surface area (Å²) in [6.45, 7) is 0. The largest absolute Gasteiger partial charge is 0.495 e. The highest BCUT2D eigenvalue weighted by atomic mass is 35.5. The third kappa shape index (κ3) is 2.71. The minimum Gasteiger partial charge on any atom is -0.495 e. The van der Waals surface area contributed by atoms with Gasteiger partial charge < -0.3 is 10.1 Å². The Balaban J connectivity index is 2.03. The lowest BCUT2D eigenvalue weighted by molar-refractivity contribution is -0.135. The number of nitrogens with one attached hydrogen (secondary N) is 1. The average Bonchev–Trinajstić information content (AvgIpc) is 3.12. The van der Waals surface area contributed by atoms with Gasteiger partial charge in [-0.05, 0) is 29.6 Å². The molecule has 2 heterocycles. The van der Waals surface area contributed by atoms with E-state index in [0.717, 1.165) is 9.78 Å². The van der Waals surface area contributed by atoms with Crippen LogP contribution in [-0.2, 0) is 9.59 Å². The van der Waals surface area contributed by atoms with Crippen molar-refractivity contribution in [2.75, 3.05) is 19.5 Å². The second kappa shape index (κ2) is 6.06. The minimum absolute atomic E-state index is 0.251. The third-order valence-electron chi connectivity index (χ3n) is 3.48. The van der Waals surface area contributed by atoms with E-state index in [0.29, 0.717) is 22.0 Å². The molecule has 0 aliphatic carbocycles. The lowest BCUT2D eigenvalue weighted by atomic mass is 10.2. The fourth-order valence-electron chi connectivity index (χ4n) is 2.30. The van der Waals surface area contributed by atoms with Gasteiger partial charge in [0.1, 0.15) is 11.4 Å². The first-order chi connectivity index (χ1) is 11.0. The number of halogens is 1. The molecule has 1 aliphatic rings. The van der Waals surface area contributed by atoms with Crippen LogP contribution in [0.5, 0.6) is 5.75 Å². The van der Waals surface area contributed by atoms with Gasteiger partial charge in [-0.25, -0.2) is 0 Å². The van der Waals surface area contributed by atoms with Crippen molar-refractivity contribution >= 4 is 46.0 Å². The van der Waals surface area contributed by atoms with Crippen LogP contribution in [0.1, 0.15) is 4.88 Å². The molecule has 0 radical (unpaired) electrons. The van der Waals surface area contributed by atoms with E-state index in [-0.39, 0.29) is 17.5 Å². The molecule has 0 atom stereocenters. The SMILES string of the molecule is COc1ccc(NC2=C(c3cccs3)C(=O)N(C)C2=O)cc1Cl. The normalized spacial score (nSPS) is 14.7. The molecule has 1 N–H and O–H groups in total. The van der Waals surface area contributed by atoms with E-state index in [1.807, 2.05) is 17.5 Å². The zero-order chi connectivity index (χ0) is 16.6. The third-order valence-corrected chi connectivity index (χ3v) is 4.66. The zero-order valence-electron chi connectivity index (χ0n) is 12.4. The number of imide groups is 1. The second-order valence-corrected chi connectivity index (χ2v) is 6.23. The van der Waals surface area contributed by atoms with E-state index in [4.69, 9.17) is 16.3 Å². The van der Waals surface area contributed by atoms with Crippen LogP contribution in [0.15, 0.2) is 41.4 Å². The van der Waals surface area contributed by atoms with Crippen LogP contribution in [0.25, 0.3) is 5.57 Å². The number of hydrogen-bond donors (Lipinski definition) is 1. The Labute approximate surface area is 142 Å². The maximum atomic E-state index is 12.4. The Morgan fingerprint density at radius 3 is 2.61 bits per heavy atom. The maximum Gasteiger partial charge on any atom is 0.277 e. The molecule has 0 saturated carbocycles. The molecule has 0 spiro atoms. The number of carbonyl (C=O) groups excluding carboxylic acids is 2. The summed E-state index contributed by atoms with van der Waals surface area (Å²) in [5.74, 6) is -0.152. The quantitative estimate of drug-likeness (QED) is 0.862. The standard InChI is InChI=1S/C16H13ClN2O3S/c1-19-15(20)13(12-4-3-7-23-12)14(16(19)21)18-9-5-6-11(22-2)10(17)8-9/h3-8,18H,1-2H3. The summed E-state index contributed by atoms with van der Waals surface area (Å²) in [5, 5.41) is 5.30.